The van der Waals surface area contributed by atoms with Gasteiger partial charge in [-0.2, -0.15) is 0 Å². The Morgan fingerprint density at radius 2 is 1.76 bits per heavy atom. The monoisotopic (exact) mass is 335 g/mol. The molecule has 3 atom stereocenters. The maximum absolute atomic E-state index is 6.97. The summed E-state index contributed by atoms with van der Waals surface area (Å²) in [5, 5.41) is 0. The normalized spacial score (nSPS) is 28.3. The summed E-state index contributed by atoms with van der Waals surface area (Å²) in [5.41, 5.74) is 7.94. The molecular weight excluding hydrogens is 310 g/mol. The molecule has 0 radical (unpaired) electrons. The molecule has 0 saturated heterocycles. The summed E-state index contributed by atoms with van der Waals surface area (Å²) >= 11 is 0. The van der Waals surface area contributed by atoms with E-state index in [1.54, 1.807) is 6.26 Å². The van der Waals surface area contributed by atoms with Gasteiger partial charge < -0.3 is 15.2 Å². The Bertz CT molecular complexity index is 771. The number of hydrogen-bond acceptors (Lipinski definition) is 3. The number of hydrogen-bond donors (Lipinski definition) is 1. The Balaban J connectivity index is 1.62. The standard InChI is InChI=1S/C22H25NO2/c1-16-11-12-22(23,14-17-7-3-2-4-8-17)18(13-16)21-15-24-19-9-5-6-10-20(19)25-21/h2-10,15-16,18H,11-14,23H2,1H3. The van der Waals surface area contributed by atoms with Gasteiger partial charge in [-0.15, -0.1) is 0 Å². The largest absolute Gasteiger partial charge is 0.458 e. The predicted octanol–water partition coefficient (Wildman–Crippen LogP) is 4.68. The third kappa shape index (κ3) is 3.29. The van der Waals surface area contributed by atoms with Crippen LogP contribution in [0.25, 0.3) is 0 Å². The molecule has 0 amide bonds. The SMILES string of the molecule is CC1CCC(N)(Cc2ccccc2)C(C2=COc3ccccc3O2)C1. The first-order chi connectivity index (χ1) is 12.1. The molecule has 2 aliphatic rings. The predicted molar refractivity (Wildman–Crippen MR) is 99.4 cm³/mol. The Labute approximate surface area is 149 Å². The molecule has 4 rings (SSSR count). The summed E-state index contributed by atoms with van der Waals surface area (Å²) in [5.74, 6) is 3.20. The van der Waals surface area contributed by atoms with Crippen molar-refractivity contribution in [1.82, 2.24) is 0 Å². The van der Waals surface area contributed by atoms with Gasteiger partial charge in [-0.05, 0) is 49.3 Å². The lowest BCUT2D eigenvalue weighted by atomic mass is 9.66. The second-order valence-corrected chi connectivity index (χ2v) is 7.51. The highest BCUT2D eigenvalue weighted by atomic mass is 16.6. The van der Waals surface area contributed by atoms with Crippen LogP contribution in [-0.4, -0.2) is 5.54 Å². The molecule has 2 aromatic carbocycles. The zero-order valence-electron chi connectivity index (χ0n) is 14.7. The summed E-state index contributed by atoms with van der Waals surface area (Å²) in [6, 6.07) is 18.3. The van der Waals surface area contributed by atoms with Crippen LogP contribution in [-0.2, 0) is 6.42 Å². The highest BCUT2D eigenvalue weighted by molar-refractivity contribution is 5.43. The van der Waals surface area contributed by atoms with E-state index >= 15 is 0 Å². The van der Waals surface area contributed by atoms with E-state index in [0.717, 1.165) is 42.9 Å². The van der Waals surface area contributed by atoms with Crippen molar-refractivity contribution in [1.29, 1.82) is 0 Å². The van der Waals surface area contributed by atoms with Crippen LogP contribution in [0.5, 0.6) is 11.5 Å². The molecule has 1 saturated carbocycles. The van der Waals surface area contributed by atoms with E-state index < -0.39 is 0 Å². The smallest absolute Gasteiger partial charge is 0.169 e. The fraction of sp³-hybridized carbons (Fsp3) is 0.364. The van der Waals surface area contributed by atoms with Crippen molar-refractivity contribution in [2.45, 2.75) is 38.1 Å². The molecule has 0 aromatic heterocycles. The van der Waals surface area contributed by atoms with Crippen LogP contribution in [0.4, 0.5) is 0 Å². The first kappa shape index (κ1) is 16.2. The molecule has 2 aromatic rings. The van der Waals surface area contributed by atoms with Crippen LogP contribution in [0.3, 0.4) is 0 Å². The molecule has 3 heteroatoms. The van der Waals surface area contributed by atoms with Gasteiger partial charge in [0.2, 0.25) is 0 Å². The lowest BCUT2D eigenvalue weighted by Crippen LogP contribution is -2.53. The summed E-state index contributed by atoms with van der Waals surface area (Å²) in [7, 11) is 0. The van der Waals surface area contributed by atoms with Crippen molar-refractivity contribution in [3.63, 3.8) is 0 Å². The van der Waals surface area contributed by atoms with Gasteiger partial charge in [0.15, 0.2) is 11.5 Å². The van der Waals surface area contributed by atoms with E-state index in [0.29, 0.717) is 5.92 Å². The van der Waals surface area contributed by atoms with Crippen LogP contribution < -0.4 is 15.2 Å². The number of nitrogens with two attached hydrogens (primary N) is 1. The van der Waals surface area contributed by atoms with E-state index in [9.17, 15) is 0 Å². The van der Waals surface area contributed by atoms with Gasteiger partial charge in [-0.1, -0.05) is 49.4 Å². The lowest BCUT2D eigenvalue weighted by Gasteiger charge is -2.44. The second-order valence-electron chi connectivity index (χ2n) is 7.51. The van der Waals surface area contributed by atoms with Crippen molar-refractivity contribution in [3.05, 3.63) is 72.2 Å². The first-order valence-corrected chi connectivity index (χ1v) is 9.10. The highest BCUT2D eigenvalue weighted by Gasteiger charge is 2.43. The Kier molecular flexibility index (Phi) is 4.26. The summed E-state index contributed by atoms with van der Waals surface area (Å²) in [4.78, 5) is 0. The third-order valence-corrected chi connectivity index (χ3v) is 5.53. The summed E-state index contributed by atoms with van der Waals surface area (Å²) in [6.45, 7) is 2.30. The van der Waals surface area contributed by atoms with Crippen LogP contribution >= 0.6 is 0 Å². The van der Waals surface area contributed by atoms with Gasteiger partial charge in [-0.25, -0.2) is 0 Å². The minimum absolute atomic E-state index is 0.157. The minimum Gasteiger partial charge on any atom is -0.458 e. The van der Waals surface area contributed by atoms with Gasteiger partial charge in [0.05, 0.1) is 0 Å². The number of fused-ring (bicyclic) bond motifs is 1. The number of benzene rings is 2. The molecule has 2 N–H and O–H groups in total. The maximum atomic E-state index is 6.97. The van der Waals surface area contributed by atoms with Crippen LogP contribution in [0, 0.1) is 11.8 Å². The molecule has 0 spiro atoms. The van der Waals surface area contributed by atoms with Gasteiger partial charge in [0, 0.05) is 11.5 Å². The van der Waals surface area contributed by atoms with Crippen LogP contribution in [0.2, 0.25) is 0 Å². The Hall–Kier alpha value is -2.26. The molecule has 130 valence electrons. The molecule has 3 nitrogen and oxygen atoms in total. The molecule has 25 heavy (non-hydrogen) atoms. The quantitative estimate of drug-likeness (QED) is 0.886. The van der Waals surface area contributed by atoms with Gasteiger partial charge in [-0.3, -0.25) is 0 Å². The zero-order valence-corrected chi connectivity index (χ0v) is 14.7. The van der Waals surface area contributed by atoms with Gasteiger partial charge in [0.25, 0.3) is 0 Å². The van der Waals surface area contributed by atoms with Crippen LogP contribution in [0.15, 0.2) is 66.6 Å². The lowest BCUT2D eigenvalue weighted by molar-refractivity contribution is 0.129. The third-order valence-electron chi connectivity index (χ3n) is 5.53. The molecule has 3 unspecified atom stereocenters. The van der Waals surface area contributed by atoms with E-state index in [4.69, 9.17) is 15.2 Å². The van der Waals surface area contributed by atoms with Gasteiger partial charge in [0.1, 0.15) is 12.0 Å². The number of para-hydroxylation sites is 2. The van der Waals surface area contributed by atoms with E-state index in [2.05, 4.69) is 31.2 Å². The van der Waals surface area contributed by atoms with Crippen molar-refractivity contribution < 1.29 is 9.47 Å². The van der Waals surface area contributed by atoms with Crippen LogP contribution in [0.1, 0.15) is 31.7 Å². The van der Waals surface area contributed by atoms with E-state index in [-0.39, 0.29) is 11.5 Å². The van der Waals surface area contributed by atoms with E-state index in [1.807, 2.05) is 30.3 Å². The second kappa shape index (κ2) is 6.57. The Morgan fingerprint density at radius 3 is 2.56 bits per heavy atom. The zero-order chi connectivity index (χ0) is 17.3. The number of rotatable bonds is 3. The molecule has 1 fully saturated rings. The molecule has 1 heterocycles. The average molecular weight is 335 g/mol. The van der Waals surface area contributed by atoms with Gasteiger partial charge >= 0.3 is 0 Å². The first-order valence-electron chi connectivity index (χ1n) is 9.10. The van der Waals surface area contributed by atoms with Crippen molar-refractivity contribution >= 4 is 0 Å². The average Bonchev–Trinajstić information content (AvgIpc) is 2.64. The maximum Gasteiger partial charge on any atom is 0.169 e. The highest BCUT2D eigenvalue weighted by Crippen LogP contribution is 2.44. The minimum atomic E-state index is -0.310. The summed E-state index contributed by atoms with van der Waals surface area (Å²) in [6.07, 6.45) is 5.80. The summed E-state index contributed by atoms with van der Waals surface area (Å²) < 4.78 is 12.0. The molecular formula is C22H25NO2. The molecule has 0 bridgehead atoms. The van der Waals surface area contributed by atoms with Crippen molar-refractivity contribution in [3.8, 4) is 11.5 Å². The van der Waals surface area contributed by atoms with Crippen molar-refractivity contribution in [2.24, 2.45) is 17.6 Å². The Morgan fingerprint density at radius 1 is 1.04 bits per heavy atom. The molecule has 1 aliphatic heterocycles. The molecule has 1 aliphatic carbocycles. The fourth-order valence-corrected chi connectivity index (χ4v) is 4.09. The fourth-order valence-electron chi connectivity index (χ4n) is 4.09. The van der Waals surface area contributed by atoms with E-state index in [1.165, 1.54) is 5.56 Å². The van der Waals surface area contributed by atoms with Crippen molar-refractivity contribution in [2.75, 3.05) is 0 Å². The number of ether oxygens (including phenoxy) is 2. The topological polar surface area (TPSA) is 44.5 Å².